The van der Waals surface area contributed by atoms with Gasteiger partial charge in [0.15, 0.2) is 0 Å². The van der Waals surface area contributed by atoms with Gasteiger partial charge in [0, 0.05) is 46.4 Å². The first-order chi connectivity index (χ1) is 12.8. The van der Waals surface area contributed by atoms with E-state index in [0.29, 0.717) is 13.2 Å². The molecule has 0 atom stereocenters. The van der Waals surface area contributed by atoms with E-state index in [-0.39, 0.29) is 6.03 Å². The van der Waals surface area contributed by atoms with Crippen molar-refractivity contribution in [2.75, 3.05) is 33.3 Å². The van der Waals surface area contributed by atoms with Crippen molar-refractivity contribution in [1.29, 1.82) is 0 Å². The summed E-state index contributed by atoms with van der Waals surface area (Å²) in [7, 11) is 1.68. The van der Waals surface area contributed by atoms with E-state index < -0.39 is 0 Å². The molecule has 1 fully saturated rings. The molecular formula is C21H27N3O2. The summed E-state index contributed by atoms with van der Waals surface area (Å²) in [5, 5.41) is 3.04. The van der Waals surface area contributed by atoms with Gasteiger partial charge in [-0.2, -0.15) is 0 Å². The summed E-state index contributed by atoms with van der Waals surface area (Å²) in [6.07, 6.45) is 0. The molecule has 0 aromatic heterocycles. The van der Waals surface area contributed by atoms with Gasteiger partial charge in [-0.05, 0) is 16.7 Å². The number of benzene rings is 2. The van der Waals surface area contributed by atoms with Gasteiger partial charge < -0.3 is 15.0 Å². The molecule has 0 radical (unpaired) electrons. The fourth-order valence-corrected chi connectivity index (χ4v) is 3.26. The van der Waals surface area contributed by atoms with Crippen LogP contribution in [-0.2, 0) is 24.4 Å². The molecule has 1 saturated heterocycles. The molecule has 0 aliphatic carbocycles. The third kappa shape index (κ3) is 5.07. The van der Waals surface area contributed by atoms with Crippen molar-refractivity contribution in [3.05, 3.63) is 71.3 Å². The van der Waals surface area contributed by atoms with Crippen molar-refractivity contribution in [2.24, 2.45) is 0 Å². The Bertz CT molecular complexity index is 697. The third-order valence-electron chi connectivity index (χ3n) is 4.76. The van der Waals surface area contributed by atoms with Crippen molar-refractivity contribution in [1.82, 2.24) is 15.1 Å². The van der Waals surface area contributed by atoms with Crippen LogP contribution in [0.3, 0.4) is 0 Å². The first-order valence-corrected chi connectivity index (χ1v) is 9.11. The Balaban J connectivity index is 1.45. The van der Waals surface area contributed by atoms with Crippen LogP contribution in [-0.4, -0.2) is 49.1 Å². The normalized spacial score (nSPS) is 15.0. The molecule has 2 aromatic carbocycles. The number of amides is 2. The van der Waals surface area contributed by atoms with Crippen LogP contribution in [0.5, 0.6) is 0 Å². The number of urea groups is 1. The highest BCUT2D eigenvalue weighted by Crippen LogP contribution is 2.11. The molecule has 0 spiro atoms. The Morgan fingerprint density at radius 1 is 0.962 bits per heavy atom. The number of rotatable bonds is 6. The van der Waals surface area contributed by atoms with E-state index >= 15 is 0 Å². The lowest BCUT2D eigenvalue weighted by Gasteiger charge is -2.34. The van der Waals surface area contributed by atoms with E-state index in [1.54, 1.807) is 7.11 Å². The van der Waals surface area contributed by atoms with E-state index in [2.05, 4.69) is 34.5 Å². The Kier molecular flexibility index (Phi) is 6.63. The van der Waals surface area contributed by atoms with Gasteiger partial charge in [-0.25, -0.2) is 4.79 Å². The zero-order chi connectivity index (χ0) is 18.2. The maximum Gasteiger partial charge on any atom is 0.317 e. The van der Waals surface area contributed by atoms with E-state index in [1.807, 2.05) is 35.2 Å². The van der Waals surface area contributed by atoms with E-state index in [4.69, 9.17) is 4.74 Å². The summed E-state index contributed by atoms with van der Waals surface area (Å²) in [6.45, 7) is 5.37. The molecule has 0 unspecified atom stereocenters. The number of carbonyl (C=O) groups excluding carboxylic acids is 1. The summed E-state index contributed by atoms with van der Waals surface area (Å²) in [5.74, 6) is 0. The van der Waals surface area contributed by atoms with Gasteiger partial charge >= 0.3 is 6.03 Å². The second-order valence-corrected chi connectivity index (χ2v) is 6.61. The van der Waals surface area contributed by atoms with Gasteiger partial charge in [-0.1, -0.05) is 54.6 Å². The molecule has 0 bridgehead atoms. The van der Waals surface area contributed by atoms with E-state index in [1.165, 1.54) is 5.56 Å². The summed E-state index contributed by atoms with van der Waals surface area (Å²) in [4.78, 5) is 16.8. The minimum Gasteiger partial charge on any atom is -0.380 e. The van der Waals surface area contributed by atoms with Gasteiger partial charge in [0.25, 0.3) is 0 Å². The summed E-state index contributed by atoms with van der Waals surface area (Å²) < 4.78 is 5.22. The molecule has 1 aliphatic rings. The Labute approximate surface area is 155 Å². The summed E-state index contributed by atoms with van der Waals surface area (Å²) in [6, 6.07) is 18.5. The minimum atomic E-state index is 0.0107. The lowest BCUT2D eigenvalue weighted by molar-refractivity contribution is 0.135. The van der Waals surface area contributed by atoms with Crippen LogP contribution in [0, 0.1) is 0 Å². The second kappa shape index (κ2) is 9.36. The number of carbonyl (C=O) groups is 1. The third-order valence-corrected chi connectivity index (χ3v) is 4.76. The van der Waals surface area contributed by atoms with Crippen molar-refractivity contribution < 1.29 is 9.53 Å². The van der Waals surface area contributed by atoms with Gasteiger partial charge in [0.05, 0.1) is 6.61 Å². The van der Waals surface area contributed by atoms with Crippen LogP contribution in [0.25, 0.3) is 0 Å². The van der Waals surface area contributed by atoms with Gasteiger partial charge in [0.1, 0.15) is 0 Å². The Hall–Kier alpha value is -2.37. The molecule has 2 aromatic rings. The van der Waals surface area contributed by atoms with Gasteiger partial charge in [-0.3, -0.25) is 4.90 Å². The first-order valence-electron chi connectivity index (χ1n) is 9.11. The van der Waals surface area contributed by atoms with Crippen LogP contribution >= 0.6 is 0 Å². The quantitative estimate of drug-likeness (QED) is 0.869. The number of hydrogen-bond acceptors (Lipinski definition) is 3. The average molecular weight is 353 g/mol. The average Bonchev–Trinajstić information content (AvgIpc) is 2.69. The molecular weight excluding hydrogens is 326 g/mol. The molecule has 5 nitrogen and oxygen atoms in total. The molecule has 0 saturated carbocycles. The van der Waals surface area contributed by atoms with Crippen molar-refractivity contribution >= 4 is 6.03 Å². The number of nitrogens with zero attached hydrogens (tertiary/aromatic N) is 2. The highest BCUT2D eigenvalue weighted by atomic mass is 16.5. The lowest BCUT2D eigenvalue weighted by atomic mass is 10.1. The zero-order valence-electron chi connectivity index (χ0n) is 15.4. The van der Waals surface area contributed by atoms with Crippen molar-refractivity contribution in [3.8, 4) is 0 Å². The largest absolute Gasteiger partial charge is 0.380 e. The Morgan fingerprint density at radius 3 is 2.31 bits per heavy atom. The predicted molar refractivity (Wildman–Crippen MR) is 103 cm³/mol. The van der Waals surface area contributed by atoms with Gasteiger partial charge in [0.2, 0.25) is 0 Å². The lowest BCUT2D eigenvalue weighted by Crippen LogP contribution is -2.51. The molecule has 1 aliphatic heterocycles. The number of ether oxygens (including phenoxy) is 1. The van der Waals surface area contributed by atoms with Crippen molar-refractivity contribution in [2.45, 2.75) is 19.7 Å². The van der Waals surface area contributed by atoms with E-state index in [9.17, 15) is 4.79 Å². The van der Waals surface area contributed by atoms with Crippen LogP contribution in [0.1, 0.15) is 16.7 Å². The molecule has 1 N–H and O–H groups in total. The standard InChI is InChI=1S/C21H27N3O2/c1-26-17-20-10-6-5-9-19(20)15-22-21(25)24-13-11-23(12-14-24)16-18-7-3-2-4-8-18/h2-10H,11-17H2,1H3,(H,22,25). The molecule has 1 heterocycles. The monoisotopic (exact) mass is 353 g/mol. The van der Waals surface area contributed by atoms with Crippen LogP contribution in [0.4, 0.5) is 4.79 Å². The topological polar surface area (TPSA) is 44.8 Å². The van der Waals surface area contributed by atoms with Crippen LogP contribution in [0.15, 0.2) is 54.6 Å². The smallest absolute Gasteiger partial charge is 0.317 e. The number of piperazine rings is 1. The summed E-state index contributed by atoms with van der Waals surface area (Å²) in [5.41, 5.74) is 3.54. The van der Waals surface area contributed by atoms with E-state index in [0.717, 1.165) is 43.9 Å². The molecule has 26 heavy (non-hydrogen) atoms. The first kappa shape index (κ1) is 18.4. The fourth-order valence-electron chi connectivity index (χ4n) is 3.26. The zero-order valence-corrected chi connectivity index (χ0v) is 15.4. The molecule has 2 amide bonds. The highest BCUT2D eigenvalue weighted by Gasteiger charge is 2.21. The fraction of sp³-hybridized carbons (Fsp3) is 0.381. The number of methoxy groups -OCH3 is 1. The maximum absolute atomic E-state index is 12.5. The molecule has 3 rings (SSSR count). The minimum absolute atomic E-state index is 0.0107. The second-order valence-electron chi connectivity index (χ2n) is 6.61. The van der Waals surface area contributed by atoms with Crippen LogP contribution < -0.4 is 5.32 Å². The van der Waals surface area contributed by atoms with Crippen molar-refractivity contribution in [3.63, 3.8) is 0 Å². The molecule has 138 valence electrons. The highest BCUT2D eigenvalue weighted by molar-refractivity contribution is 5.74. The van der Waals surface area contributed by atoms with Crippen LogP contribution in [0.2, 0.25) is 0 Å². The number of hydrogen-bond donors (Lipinski definition) is 1. The Morgan fingerprint density at radius 2 is 1.62 bits per heavy atom. The molecule has 5 heteroatoms. The SMILES string of the molecule is COCc1ccccc1CNC(=O)N1CCN(Cc2ccccc2)CC1. The number of nitrogens with one attached hydrogen (secondary N) is 1. The summed E-state index contributed by atoms with van der Waals surface area (Å²) >= 11 is 0. The van der Waals surface area contributed by atoms with Gasteiger partial charge in [-0.15, -0.1) is 0 Å². The predicted octanol–water partition coefficient (Wildman–Crippen LogP) is 2.86. The maximum atomic E-state index is 12.5.